The summed E-state index contributed by atoms with van der Waals surface area (Å²) in [6.45, 7) is 4.09. The van der Waals surface area contributed by atoms with Crippen molar-refractivity contribution in [3.63, 3.8) is 0 Å². The highest BCUT2D eigenvalue weighted by molar-refractivity contribution is 5.84. The van der Waals surface area contributed by atoms with Crippen LogP contribution in [0.1, 0.15) is 49.4 Å². The summed E-state index contributed by atoms with van der Waals surface area (Å²) < 4.78 is 35.6. The molecule has 1 aromatic carbocycles. The Labute approximate surface area is 226 Å². The minimum Gasteiger partial charge on any atom is -0.497 e. The fraction of sp³-hybridized carbons (Fsp3) is 0.448. The topological polar surface area (TPSA) is 89.5 Å². The predicted octanol–water partition coefficient (Wildman–Crippen LogP) is 5.23. The molecule has 206 valence electrons. The van der Waals surface area contributed by atoms with Crippen molar-refractivity contribution in [2.24, 2.45) is 5.92 Å². The number of hydrogen-bond donors (Lipinski definition) is 1. The molecule has 1 spiro atoms. The lowest BCUT2D eigenvalue weighted by atomic mass is 9.76. The molecular formula is C29H33F2N5O3. The molecule has 0 aliphatic carbocycles. The number of alkyl halides is 2. The van der Waals surface area contributed by atoms with Gasteiger partial charge < -0.3 is 19.7 Å². The van der Waals surface area contributed by atoms with Gasteiger partial charge in [-0.25, -0.2) is 15.0 Å². The lowest BCUT2D eigenvalue weighted by molar-refractivity contribution is -0.135. The highest BCUT2D eigenvalue weighted by atomic mass is 19.3. The van der Waals surface area contributed by atoms with Crippen LogP contribution < -0.4 is 14.8 Å². The Morgan fingerprint density at radius 1 is 1.18 bits per heavy atom. The van der Waals surface area contributed by atoms with Crippen LogP contribution in [0.15, 0.2) is 42.7 Å². The number of nitrogens with one attached hydrogen (secondary N) is 1. The number of halogens is 2. The van der Waals surface area contributed by atoms with E-state index >= 15 is 0 Å². The molecule has 1 fully saturated rings. The van der Waals surface area contributed by atoms with Crippen molar-refractivity contribution in [1.29, 1.82) is 0 Å². The molecular weight excluding hydrogens is 504 g/mol. The second-order valence-electron chi connectivity index (χ2n) is 10.7. The van der Waals surface area contributed by atoms with Gasteiger partial charge in [-0.2, -0.15) is 8.78 Å². The van der Waals surface area contributed by atoms with Crippen LogP contribution in [0, 0.1) is 12.8 Å². The van der Waals surface area contributed by atoms with Gasteiger partial charge in [0.05, 0.1) is 24.3 Å². The van der Waals surface area contributed by atoms with Crippen LogP contribution in [0.5, 0.6) is 11.5 Å². The van der Waals surface area contributed by atoms with Gasteiger partial charge in [0.2, 0.25) is 5.91 Å². The monoisotopic (exact) mass is 537 g/mol. The molecule has 4 heterocycles. The van der Waals surface area contributed by atoms with Crippen LogP contribution in [0.3, 0.4) is 0 Å². The molecule has 10 heteroatoms. The van der Waals surface area contributed by atoms with Crippen LogP contribution in [0.4, 0.5) is 14.6 Å². The maximum absolute atomic E-state index is 13.7. The van der Waals surface area contributed by atoms with E-state index in [4.69, 9.17) is 9.72 Å². The third kappa shape index (κ3) is 5.65. The summed E-state index contributed by atoms with van der Waals surface area (Å²) in [6, 6.07) is 8.47. The summed E-state index contributed by atoms with van der Waals surface area (Å²) in [5.74, 6) is 1.47. The zero-order chi connectivity index (χ0) is 27.7. The van der Waals surface area contributed by atoms with Gasteiger partial charge >= 0.3 is 6.61 Å². The molecule has 1 saturated heterocycles. The van der Waals surface area contributed by atoms with Gasteiger partial charge in [-0.15, -0.1) is 0 Å². The molecule has 2 aliphatic heterocycles. The van der Waals surface area contributed by atoms with Crippen LogP contribution in [0.2, 0.25) is 0 Å². The molecule has 39 heavy (non-hydrogen) atoms. The average molecular weight is 538 g/mol. The summed E-state index contributed by atoms with van der Waals surface area (Å²) in [6.07, 6.45) is 6.05. The van der Waals surface area contributed by atoms with Crippen molar-refractivity contribution in [2.45, 2.75) is 58.1 Å². The normalized spacial score (nSPS) is 21.3. The van der Waals surface area contributed by atoms with Gasteiger partial charge in [0.25, 0.3) is 0 Å². The van der Waals surface area contributed by atoms with Gasteiger partial charge in [0.1, 0.15) is 17.3 Å². The van der Waals surface area contributed by atoms with Crippen molar-refractivity contribution in [3.8, 4) is 22.9 Å². The molecule has 1 amide bonds. The van der Waals surface area contributed by atoms with E-state index in [2.05, 4.69) is 33.0 Å². The number of benzene rings is 1. The summed E-state index contributed by atoms with van der Waals surface area (Å²) in [4.78, 5) is 29.3. The number of aromatic nitrogens is 3. The molecule has 3 aromatic rings. The number of aryl methyl sites for hydroxylation is 2. The number of rotatable bonds is 6. The average Bonchev–Trinajstić information content (AvgIpc) is 2.91. The van der Waals surface area contributed by atoms with Crippen molar-refractivity contribution < 1.29 is 23.0 Å². The van der Waals surface area contributed by atoms with E-state index in [1.165, 1.54) is 19.2 Å². The molecule has 1 N–H and O–H groups in total. The van der Waals surface area contributed by atoms with Crippen LogP contribution in [-0.4, -0.2) is 58.1 Å². The third-order valence-corrected chi connectivity index (χ3v) is 7.67. The number of carbonyl (C=O) groups excluding carboxylic acids is 1. The standard InChI is InChI=1S/C29H33F2N5O3/c1-17-14-29(7-6-20-12-24(19(3)34-25(20)35-29)26-32-8-5-9-33-26)16-36(15-17)27(37)18(2)21-10-22(38-4)13-23(11-21)39-28(30)31/h5,8-13,17-18,28H,6-7,14-16H2,1-4H3,(H,34,35)/t17-,18+,29-/m0/s1. The van der Waals surface area contributed by atoms with Crippen LogP contribution in [0.25, 0.3) is 11.4 Å². The van der Waals surface area contributed by atoms with E-state index in [1.807, 2.05) is 11.8 Å². The number of fused-ring (bicyclic) bond motifs is 1. The second-order valence-corrected chi connectivity index (χ2v) is 10.7. The number of pyridine rings is 1. The largest absolute Gasteiger partial charge is 0.497 e. The summed E-state index contributed by atoms with van der Waals surface area (Å²) in [7, 11) is 1.45. The molecule has 2 aromatic heterocycles. The number of anilines is 1. The smallest absolute Gasteiger partial charge is 0.387 e. The number of nitrogens with zero attached hydrogens (tertiary/aromatic N) is 4. The van der Waals surface area contributed by atoms with Crippen LogP contribution >= 0.6 is 0 Å². The Bertz CT molecular complexity index is 1360. The highest BCUT2D eigenvalue weighted by Crippen LogP contribution is 2.40. The zero-order valence-corrected chi connectivity index (χ0v) is 22.6. The Kier molecular flexibility index (Phi) is 7.38. The zero-order valence-electron chi connectivity index (χ0n) is 22.6. The van der Waals surface area contributed by atoms with Crippen molar-refractivity contribution in [1.82, 2.24) is 19.9 Å². The molecule has 2 aliphatic rings. The molecule has 0 radical (unpaired) electrons. The first-order valence-corrected chi connectivity index (χ1v) is 13.1. The van der Waals surface area contributed by atoms with E-state index in [0.29, 0.717) is 30.2 Å². The minimum atomic E-state index is -2.97. The minimum absolute atomic E-state index is 0.0326. The number of likely N-dealkylation sites (tertiary alicyclic amines) is 1. The summed E-state index contributed by atoms with van der Waals surface area (Å²) in [5.41, 5.74) is 3.14. The molecule has 0 unspecified atom stereocenters. The molecule has 0 bridgehead atoms. The van der Waals surface area contributed by atoms with Crippen molar-refractivity contribution in [2.75, 3.05) is 25.5 Å². The van der Waals surface area contributed by atoms with Gasteiger partial charge in [-0.1, -0.05) is 6.92 Å². The first-order chi connectivity index (χ1) is 18.7. The molecule has 3 atom stereocenters. The maximum Gasteiger partial charge on any atom is 0.387 e. The van der Waals surface area contributed by atoms with Gasteiger partial charge in [-0.05, 0) is 74.4 Å². The Morgan fingerprint density at radius 2 is 1.92 bits per heavy atom. The number of amides is 1. The maximum atomic E-state index is 13.7. The highest BCUT2D eigenvalue weighted by Gasteiger charge is 2.43. The quantitative estimate of drug-likeness (QED) is 0.461. The van der Waals surface area contributed by atoms with E-state index in [1.54, 1.807) is 31.5 Å². The van der Waals surface area contributed by atoms with Crippen molar-refractivity contribution >= 4 is 11.7 Å². The number of ether oxygens (including phenoxy) is 2. The predicted molar refractivity (Wildman–Crippen MR) is 143 cm³/mol. The lowest BCUT2D eigenvalue weighted by Gasteiger charge is -2.49. The van der Waals surface area contributed by atoms with Gasteiger partial charge in [0.15, 0.2) is 5.82 Å². The lowest BCUT2D eigenvalue weighted by Crippen LogP contribution is -2.59. The van der Waals surface area contributed by atoms with E-state index < -0.39 is 12.5 Å². The molecule has 8 nitrogen and oxygen atoms in total. The SMILES string of the molecule is COc1cc(OC(F)F)cc([C@@H](C)C(=O)N2C[C@@H](C)C[C@@]3(CCc4cc(-c5ncccn5)c(C)nc4N3)C2)c1. The molecule has 0 saturated carbocycles. The summed E-state index contributed by atoms with van der Waals surface area (Å²) in [5, 5.41) is 3.71. The van der Waals surface area contributed by atoms with E-state index in [0.717, 1.165) is 41.9 Å². The van der Waals surface area contributed by atoms with Crippen LogP contribution in [-0.2, 0) is 11.2 Å². The number of carbonyl (C=O) groups is 1. The fourth-order valence-electron chi connectivity index (χ4n) is 5.89. The van der Waals surface area contributed by atoms with Gasteiger partial charge in [-0.3, -0.25) is 4.79 Å². The van der Waals surface area contributed by atoms with E-state index in [-0.39, 0.29) is 23.1 Å². The second kappa shape index (κ2) is 10.7. The van der Waals surface area contributed by atoms with Crippen molar-refractivity contribution in [3.05, 3.63) is 59.5 Å². The Morgan fingerprint density at radius 3 is 2.64 bits per heavy atom. The number of piperidine rings is 1. The fourth-order valence-corrected chi connectivity index (χ4v) is 5.89. The number of methoxy groups -OCH3 is 1. The number of hydrogen-bond acceptors (Lipinski definition) is 7. The van der Waals surface area contributed by atoms with E-state index in [9.17, 15) is 13.6 Å². The first-order valence-electron chi connectivity index (χ1n) is 13.1. The third-order valence-electron chi connectivity index (χ3n) is 7.67. The summed E-state index contributed by atoms with van der Waals surface area (Å²) >= 11 is 0. The molecule has 5 rings (SSSR count). The Hall–Kier alpha value is -3.82. The first kappa shape index (κ1) is 26.8. The van der Waals surface area contributed by atoms with Gasteiger partial charge in [0, 0.05) is 37.1 Å². The Balaban J connectivity index is 1.37.